The lowest BCUT2D eigenvalue weighted by molar-refractivity contribution is -0.115. The van der Waals surface area contributed by atoms with Crippen molar-refractivity contribution in [2.75, 3.05) is 5.32 Å². The van der Waals surface area contributed by atoms with Crippen molar-refractivity contribution < 1.29 is 9.21 Å². The lowest BCUT2D eigenvalue weighted by Gasteiger charge is -2.09. The Morgan fingerprint density at radius 3 is 2.46 bits per heavy atom. The Hall–Kier alpha value is -1.97. The molecule has 1 amide bonds. The van der Waals surface area contributed by atoms with Crippen molar-refractivity contribution in [1.82, 2.24) is 0 Å². The number of aryl methyl sites for hydroxylation is 3. The van der Waals surface area contributed by atoms with Crippen LogP contribution >= 0.6 is 23.2 Å². The zero-order chi connectivity index (χ0) is 17.4. The van der Waals surface area contributed by atoms with Crippen molar-refractivity contribution in [1.29, 1.82) is 0 Å². The number of fused-ring (bicyclic) bond motifs is 1. The molecule has 0 saturated heterocycles. The maximum Gasteiger partial charge on any atom is 0.229 e. The second kappa shape index (κ2) is 6.50. The van der Waals surface area contributed by atoms with Crippen molar-refractivity contribution in [3.8, 4) is 0 Å². The molecule has 0 bridgehead atoms. The minimum absolute atomic E-state index is 0.190. The van der Waals surface area contributed by atoms with Crippen LogP contribution in [-0.2, 0) is 11.2 Å². The zero-order valence-corrected chi connectivity index (χ0v) is 15.2. The van der Waals surface area contributed by atoms with Crippen molar-refractivity contribution >= 4 is 45.8 Å². The Kier molecular flexibility index (Phi) is 4.57. The van der Waals surface area contributed by atoms with Gasteiger partial charge in [-0.2, -0.15) is 0 Å². The number of carbonyl (C=O) groups excluding carboxylic acids is 1. The second-order valence-electron chi connectivity index (χ2n) is 5.92. The van der Waals surface area contributed by atoms with E-state index >= 15 is 0 Å². The molecule has 0 aliphatic carbocycles. The molecule has 2 aromatic carbocycles. The van der Waals surface area contributed by atoms with Crippen LogP contribution in [0.2, 0.25) is 10.0 Å². The number of furan rings is 1. The van der Waals surface area contributed by atoms with Gasteiger partial charge in [0.25, 0.3) is 0 Å². The van der Waals surface area contributed by atoms with Crippen molar-refractivity contribution in [3.63, 3.8) is 0 Å². The summed E-state index contributed by atoms with van der Waals surface area (Å²) in [6.07, 6.45) is 1.84. The van der Waals surface area contributed by atoms with Gasteiger partial charge >= 0.3 is 0 Å². The first-order chi connectivity index (χ1) is 11.4. The normalized spacial score (nSPS) is 11.0. The van der Waals surface area contributed by atoms with E-state index in [9.17, 15) is 4.79 Å². The maximum atomic E-state index is 12.4. The van der Waals surface area contributed by atoms with Gasteiger partial charge in [-0.05, 0) is 49.6 Å². The van der Waals surface area contributed by atoms with Crippen LogP contribution in [0.3, 0.4) is 0 Å². The topological polar surface area (TPSA) is 42.2 Å². The van der Waals surface area contributed by atoms with Gasteiger partial charge in [0.1, 0.15) is 5.58 Å². The van der Waals surface area contributed by atoms with E-state index in [2.05, 4.69) is 18.3 Å². The number of rotatable bonds is 3. The molecule has 1 N–H and O–H groups in total. The van der Waals surface area contributed by atoms with Crippen LogP contribution in [0.25, 0.3) is 11.0 Å². The Bertz CT molecular complexity index is 924. The number of para-hydroxylation sites is 1. The van der Waals surface area contributed by atoms with Gasteiger partial charge in [0.15, 0.2) is 0 Å². The monoisotopic (exact) mass is 361 g/mol. The van der Waals surface area contributed by atoms with Gasteiger partial charge in [-0.1, -0.05) is 35.3 Å². The van der Waals surface area contributed by atoms with E-state index < -0.39 is 0 Å². The quantitative estimate of drug-likeness (QED) is 0.635. The van der Waals surface area contributed by atoms with E-state index in [4.69, 9.17) is 27.6 Å². The third kappa shape index (κ3) is 3.02. The second-order valence-corrected chi connectivity index (χ2v) is 6.74. The van der Waals surface area contributed by atoms with E-state index in [0.29, 0.717) is 15.7 Å². The molecule has 3 rings (SSSR count). The number of halogens is 2. The lowest BCUT2D eigenvalue weighted by Crippen LogP contribution is -2.15. The first-order valence-electron chi connectivity index (χ1n) is 7.59. The van der Waals surface area contributed by atoms with E-state index in [0.717, 1.165) is 27.7 Å². The molecule has 0 atom stereocenters. The summed E-state index contributed by atoms with van der Waals surface area (Å²) in [6, 6.07) is 7.22. The number of nitrogens with one attached hydrogen (secondary N) is 1. The van der Waals surface area contributed by atoms with E-state index in [1.807, 2.05) is 13.8 Å². The molecule has 0 aliphatic heterocycles. The summed E-state index contributed by atoms with van der Waals surface area (Å²) < 4.78 is 5.71. The molecule has 5 heteroatoms. The summed E-state index contributed by atoms with van der Waals surface area (Å²) in [5.74, 6) is -0.190. The maximum absolute atomic E-state index is 12.4. The molecule has 0 unspecified atom stereocenters. The zero-order valence-electron chi connectivity index (χ0n) is 13.7. The van der Waals surface area contributed by atoms with Crippen LogP contribution in [0.4, 0.5) is 5.69 Å². The molecule has 3 nitrogen and oxygen atoms in total. The number of anilines is 1. The lowest BCUT2D eigenvalue weighted by atomic mass is 9.99. The van der Waals surface area contributed by atoms with Crippen LogP contribution in [0.15, 0.2) is 34.9 Å². The molecule has 0 saturated carbocycles. The van der Waals surface area contributed by atoms with E-state index in [1.165, 1.54) is 5.56 Å². The number of amides is 1. The smallest absolute Gasteiger partial charge is 0.229 e. The third-order valence-electron chi connectivity index (χ3n) is 4.20. The van der Waals surface area contributed by atoms with Gasteiger partial charge in [0.2, 0.25) is 5.91 Å². The molecule has 3 aromatic rings. The SMILES string of the molecule is Cc1cc(C)c2c(CC(=O)Nc3c(Cl)cccc3Cl)coc2c1C. The molecule has 0 spiro atoms. The fraction of sp³-hybridized carbons (Fsp3) is 0.211. The molecular weight excluding hydrogens is 345 g/mol. The average Bonchev–Trinajstić information content (AvgIpc) is 2.93. The molecule has 0 radical (unpaired) electrons. The van der Waals surface area contributed by atoms with Crippen LogP contribution in [0, 0.1) is 20.8 Å². The summed E-state index contributed by atoms with van der Waals surface area (Å²) in [5.41, 5.74) is 5.49. The summed E-state index contributed by atoms with van der Waals surface area (Å²) in [6.45, 7) is 6.10. The van der Waals surface area contributed by atoms with Gasteiger partial charge < -0.3 is 9.73 Å². The molecule has 0 fully saturated rings. The van der Waals surface area contributed by atoms with Crippen LogP contribution in [0.5, 0.6) is 0 Å². The summed E-state index contributed by atoms with van der Waals surface area (Å²) >= 11 is 12.2. The highest BCUT2D eigenvalue weighted by Crippen LogP contribution is 2.32. The Morgan fingerprint density at radius 1 is 1.12 bits per heavy atom. The third-order valence-corrected chi connectivity index (χ3v) is 4.83. The molecule has 1 aromatic heterocycles. The van der Waals surface area contributed by atoms with Gasteiger partial charge in [-0.25, -0.2) is 0 Å². The minimum Gasteiger partial charge on any atom is -0.464 e. The summed E-state index contributed by atoms with van der Waals surface area (Å²) in [7, 11) is 0. The molecule has 24 heavy (non-hydrogen) atoms. The number of hydrogen-bond acceptors (Lipinski definition) is 2. The number of carbonyl (C=O) groups is 1. The van der Waals surface area contributed by atoms with Gasteiger partial charge in [0.05, 0.1) is 28.4 Å². The molecular formula is C19H17Cl2NO2. The first kappa shape index (κ1) is 16.9. The predicted octanol–water partition coefficient (Wildman–Crippen LogP) is 5.85. The van der Waals surface area contributed by atoms with Gasteiger partial charge in [-0.15, -0.1) is 0 Å². The number of benzene rings is 2. The van der Waals surface area contributed by atoms with Crippen molar-refractivity contribution in [2.24, 2.45) is 0 Å². The minimum atomic E-state index is -0.190. The standard InChI is InChI=1S/C19H17Cl2NO2/c1-10-7-11(2)17-13(9-24-19(17)12(10)3)8-16(23)22-18-14(20)5-4-6-15(18)21/h4-7,9H,8H2,1-3H3,(H,22,23). The first-order valence-corrected chi connectivity index (χ1v) is 8.34. The highest BCUT2D eigenvalue weighted by molar-refractivity contribution is 6.39. The molecule has 0 aliphatic rings. The summed E-state index contributed by atoms with van der Waals surface area (Å²) in [5, 5.41) is 4.61. The highest BCUT2D eigenvalue weighted by atomic mass is 35.5. The van der Waals surface area contributed by atoms with Crippen molar-refractivity contribution in [3.05, 3.63) is 62.8 Å². The van der Waals surface area contributed by atoms with E-state index in [-0.39, 0.29) is 12.3 Å². The van der Waals surface area contributed by atoms with Crippen LogP contribution < -0.4 is 5.32 Å². The number of hydrogen-bond donors (Lipinski definition) is 1. The Labute approximate surface area is 150 Å². The Morgan fingerprint density at radius 2 is 1.79 bits per heavy atom. The fourth-order valence-corrected chi connectivity index (χ4v) is 3.38. The van der Waals surface area contributed by atoms with Crippen molar-refractivity contribution in [2.45, 2.75) is 27.2 Å². The van der Waals surface area contributed by atoms with Crippen LogP contribution in [0.1, 0.15) is 22.3 Å². The van der Waals surface area contributed by atoms with Gasteiger partial charge in [0, 0.05) is 10.9 Å². The highest BCUT2D eigenvalue weighted by Gasteiger charge is 2.16. The largest absolute Gasteiger partial charge is 0.464 e. The fourth-order valence-electron chi connectivity index (χ4n) is 2.89. The van der Waals surface area contributed by atoms with Gasteiger partial charge in [-0.3, -0.25) is 4.79 Å². The molecule has 1 heterocycles. The van der Waals surface area contributed by atoms with E-state index in [1.54, 1.807) is 24.5 Å². The van der Waals surface area contributed by atoms with Crippen LogP contribution in [-0.4, -0.2) is 5.91 Å². The predicted molar refractivity (Wildman–Crippen MR) is 99.2 cm³/mol. The summed E-state index contributed by atoms with van der Waals surface area (Å²) in [4.78, 5) is 12.4. The Balaban J connectivity index is 1.91. The average molecular weight is 362 g/mol. The molecule has 124 valence electrons.